The molecule has 2 aromatic heterocycles. The fraction of sp³-hybridized carbons (Fsp3) is 0.323. The fourth-order valence-corrected chi connectivity index (χ4v) is 5.93. The van der Waals surface area contributed by atoms with Crippen LogP contribution in [0.3, 0.4) is 0 Å². The topological polar surface area (TPSA) is 137 Å². The molecule has 6 rings (SSSR count). The summed E-state index contributed by atoms with van der Waals surface area (Å²) in [7, 11) is 1.76. The summed E-state index contributed by atoms with van der Waals surface area (Å²) >= 11 is 6.22. The standard InChI is InChI=1S/C31H28ClFN6O4/c1-3-30(42,26-15-38(2)17-37-26)20-8-24-28(25(33)9-20)31(43-23-10-22(40)11-23,19-4-6-21(32)7-5-19)39(29(24)41)16-27-35-13-18(12-34)14-36-27/h4-9,13-15,17,22-23,40,42H,3,10-11,16H2,1-2H3/t22?,23?,30?,31-/m1/s1. The number of ether oxygens (including phenoxy) is 1. The first-order chi connectivity index (χ1) is 20.6. The SMILES string of the molecule is CCC(O)(c1cc(F)c2c(c1)C(=O)N(Cc1ncc(C#N)cn1)[C@@]2(OC1CC(O)C1)c1ccc(Cl)cc1)c1cn(C)cn1. The van der Waals surface area contributed by atoms with E-state index in [2.05, 4.69) is 15.0 Å². The van der Waals surface area contributed by atoms with E-state index in [4.69, 9.17) is 16.3 Å². The second-order valence-corrected chi connectivity index (χ2v) is 11.4. The summed E-state index contributed by atoms with van der Waals surface area (Å²) in [4.78, 5) is 28.6. The molecule has 2 aromatic carbocycles. The Balaban J connectivity index is 1.57. The number of aliphatic hydroxyl groups excluding tert-OH is 1. The number of amides is 1. The van der Waals surface area contributed by atoms with E-state index in [0.717, 1.165) is 0 Å². The van der Waals surface area contributed by atoms with Crippen molar-refractivity contribution in [1.29, 1.82) is 5.26 Å². The Hall–Kier alpha value is -4.21. The summed E-state index contributed by atoms with van der Waals surface area (Å²) in [5.41, 5.74) is -2.33. The van der Waals surface area contributed by atoms with Crippen LogP contribution in [0.5, 0.6) is 0 Å². The minimum Gasteiger partial charge on any atom is -0.393 e. The first-order valence-corrected chi connectivity index (χ1v) is 14.2. The third-order valence-corrected chi connectivity index (χ3v) is 8.43. The van der Waals surface area contributed by atoms with Crippen molar-refractivity contribution in [1.82, 2.24) is 24.4 Å². The van der Waals surface area contributed by atoms with Gasteiger partial charge in [0.25, 0.3) is 5.91 Å². The predicted molar refractivity (Wildman–Crippen MR) is 152 cm³/mol. The summed E-state index contributed by atoms with van der Waals surface area (Å²) in [5, 5.41) is 31.5. The van der Waals surface area contributed by atoms with Gasteiger partial charge in [-0.3, -0.25) is 9.69 Å². The maximum absolute atomic E-state index is 16.7. The van der Waals surface area contributed by atoms with Crippen LogP contribution in [-0.2, 0) is 29.7 Å². The number of aromatic nitrogens is 4. The van der Waals surface area contributed by atoms with Gasteiger partial charge in [-0.25, -0.2) is 19.3 Å². The second-order valence-electron chi connectivity index (χ2n) is 10.9. The number of aryl methyl sites for hydroxylation is 1. The van der Waals surface area contributed by atoms with Crippen molar-refractivity contribution in [3.8, 4) is 6.07 Å². The molecule has 4 aromatic rings. The lowest BCUT2D eigenvalue weighted by Gasteiger charge is -2.45. The molecule has 0 spiro atoms. The van der Waals surface area contributed by atoms with E-state index < -0.39 is 35.3 Å². The smallest absolute Gasteiger partial charge is 0.257 e. The maximum Gasteiger partial charge on any atom is 0.257 e. The molecule has 0 bridgehead atoms. The van der Waals surface area contributed by atoms with Crippen LogP contribution in [0.1, 0.15) is 70.3 Å². The van der Waals surface area contributed by atoms with Crippen molar-refractivity contribution < 1.29 is 24.1 Å². The van der Waals surface area contributed by atoms with Gasteiger partial charge < -0.3 is 19.5 Å². The van der Waals surface area contributed by atoms with Crippen LogP contribution in [0.4, 0.5) is 4.39 Å². The minimum absolute atomic E-state index is 0.00118. The minimum atomic E-state index is -1.78. The molecule has 3 heterocycles. The number of halogens is 2. The van der Waals surface area contributed by atoms with Crippen molar-refractivity contribution >= 4 is 17.5 Å². The number of fused-ring (bicyclic) bond motifs is 1. The summed E-state index contributed by atoms with van der Waals surface area (Å²) in [6, 6.07) is 11.2. The first kappa shape index (κ1) is 28.9. The number of aliphatic hydroxyl groups is 2. The summed E-state index contributed by atoms with van der Waals surface area (Å²) in [5.74, 6) is -1.13. The molecule has 220 valence electrons. The average Bonchev–Trinajstić information content (AvgIpc) is 3.53. The zero-order chi connectivity index (χ0) is 30.5. The lowest BCUT2D eigenvalue weighted by Crippen LogP contribution is -2.51. The van der Waals surface area contributed by atoms with Gasteiger partial charge in [0.2, 0.25) is 5.72 Å². The average molecular weight is 603 g/mol. The molecular formula is C31H28ClFN6O4. The van der Waals surface area contributed by atoms with Crippen molar-refractivity contribution in [3.05, 3.63) is 111 Å². The number of imidazole rings is 1. The van der Waals surface area contributed by atoms with Gasteiger partial charge in [0.05, 0.1) is 47.5 Å². The third-order valence-electron chi connectivity index (χ3n) is 8.18. The monoisotopic (exact) mass is 602 g/mol. The van der Waals surface area contributed by atoms with Crippen molar-refractivity contribution in [3.63, 3.8) is 0 Å². The Kier molecular flexibility index (Phi) is 7.26. The highest BCUT2D eigenvalue weighted by molar-refractivity contribution is 6.30. The Morgan fingerprint density at radius 2 is 1.91 bits per heavy atom. The Morgan fingerprint density at radius 1 is 1.21 bits per heavy atom. The molecule has 1 aliphatic heterocycles. The van der Waals surface area contributed by atoms with Crippen LogP contribution < -0.4 is 0 Å². The predicted octanol–water partition coefficient (Wildman–Crippen LogP) is 3.92. The highest BCUT2D eigenvalue weighted by Gasteiger charge is 2.57. The van der Waals surface area contributed by atoms with Gasteiger partial charge in [-0.1, -0.05) is 30.7 Å². The van der Waals surface area contributed by atoms with Gasteiger partial charge in [-0.15, -0.1) is 0 Å². The fourth-order valence-electron chi connectivity index (χ4n) is 5.80. The number of hydrogen-bond acceptors (Lipinski definition) is 8. The molecule has 1 amide bonds. The van der Waals surface area contributed by atoms with E-state index in [1.807, 2.05) is 6.07 Å². The molecule has 0 saturated heterocycles. The molecule has 1 fully saturated rings. The van der Waals surface area contributed by atoms with E-state index >= 15 is 4.39 Å². The Bertz CT molecular complexity index is 1730. The van der Waals surface area contributed by atoms with Crippen molar-refractivity contribution in [2.24, 2.45) is 7.05 Å². The molecule has 10 nitrogen and oxygen atoms in total. The van der Waals surface area contributed by atoms with Gasteiger partial charge in [0.1, 0.15) is 23.3 Å². The van der Waals surface area contributed by atoms with E-state index in [9.17, 15) is 20.3 Å². The summed E-state index contributed by atoms with van der Waals surface area (Å²) in [6.45, 7) is 1.56. The van der Waals surface area contributed by atoms with Crippen LogP contribution in [0.15, 0.2) is 61.3 Å². The number of hydrogen-bond donors (Lipinski definition) is 2. The molecule has 1 unspecified atom stereocenters. The zero-order valence-corrected chi connectivity index (χ0v) is 24.2. The third kappa shape index (κ3) is 4.77. The lowest BCUT2D eigenvalue weighted by atomic mass is 9.84. The molecule has 1 saturated carbocycles. The number of carbonyl (C=O) groups excluding carboxylic acids is 1. The lowest BCUT2D eigenvalue weighted by molar-refractivity contribution is -0.191. The van der Waals surface area contributed by atoms with Gasteiger partial charge in [-0.05, 0) is 49.1 Å². The molecule has 0 radical (unpaired) electrons. The zero-order valence-electron chi connectivity index (χ0n) is 23.4. The highest BCUT2D eigenvalue weighted by atomic mass is 35.5. The van der Waals surface area contributed by atoms with Gasteiger partial charge in [0, 0.05) is 36.2 Å². The summed E-state index contributed by atoms with van der Waals surface area (Å²) < 4.78 is 25.0. The van der Waals surface area contributed by atoms with E-state index in [1.54, 1.807) is 49.0 Å². The van der Waals surface area contributed by atoms with E-state index in [-0.39, 0.29) is 41.0 Å². The van der Waals surface area contributed by atoms with Crippen LogP contribution in [0.2, 0.25) is 5.02 Å². The molecular weight excluding hydrogens is 575 g/mol. The van der Waals surface area contributed by atoms with Gasteiger partial charge in [0.15, 0.2) is 0 Å². The highest BCUT2D eigenvalue weighted by Crippen LogP contribution is 2.51. The number of carbonyl (C=O) groups is 1. The molecule has 2 N–H and O–H groups in total. The van der Waals surface area contributed by atoms with Crippen molar-refractivity contribution in [2.75, 3.05) is 0 Å². The molecule has 43 heavy (non-hydrogen) atoms. The van der Waals surface area contributed by atoms with Crippen molar-refractivity contribution in [2.45, 2.75) is 56.3 Å². The Labute approximate surface area is 252 Å². The first-order valence-electron chi connectivity index (χ1n) is 13.8. The largest absolute Gasteiger partial charge is 0.393 e. The second kappa shape index (κ2) is 10.8. The van der Waals surface area contributed by atoms with Gasteiger partial charge in [-0.2, -0.15) is 5.26 Å². The van der Waals surface area contributed by atoms with E-state index in [0.29, 0.717) is 29.1 Å². The number of rotatable bonds is 8. The van der Waals surface area contributed by atoms with Crippen LogP contribution in [0.25, 0.3) is 0 Å². The van der Waals surface area contributed by atoms with E-state index in [1.165, 1.54) is 35.8 Å². The molecule has 2 aliphatic rings. The quantitative estimate of drug-likeness (QED) is 0.310. The normalized spacial score (nSPS) is 22.5. The van der Waals surface area contributed by atoms with Crippen LogP contribution in [0, 0.1) is 17.1 Å². The summed E-state index contributed by atoms with van der Waals surface area (Å²) in [6.07, 6.45) is 5.57. The van der Waals surface area contributed by atoms with Gasteiger partial charge >= 0.3 is 0 Å². The number of nitriles is 1. The molecule has 2 atom stereocenters. The molecule has 1 aliphatic carbocycles. The number of nitrogens with zero attached hydrogens (tertiary/aromatic N) is 6. The number of benzene rings is 2. The Morgan fingerprint density at radius 3 is 2.49 bits per heavy atom. The maximum atomic E-state index is 16.7. The van der Waals surface area contributed by atoms with Crippen LogP contribution >= 0.6 is 11.6 Å². The molecule has 12 heteroatoms. The van der Waals surface area contributed by atoms with Crippen LogP contribution in [-0.4, -0.2) is 52.7 Å².